The van der Waals surface area contributed by atoms with Gasteiger partial charge in [0.05, 0.1) is 19.1 Å². The molecule has 0 aliphatic rings. The molecule has 0 aromatic heterocycles. The molecule has 1 rings (SSSR count). The highest BCUT2D eigenvalue weighted by Gasteiger charge is 2.23. The summed E-state index contributed by atoms with van der Waals surface area (Å²) in [4.78, 5) is 34.5. The monoisotopic (exact) mass is 322 g/mol. The Kier molecular flexibility index (Phi) is 7.21. The molecule has 0 radical (unpaired) electrons. The number of aryl methyl sites for hydroxylation is 1. The summed E-state index contributed by atoms with van der Waals surface area (Å²) in [5, 5.41) is 14.1. The Morgan fingerprint density at radius 2 is 1.78 bits per heavy atom. The first-order valence-electron chi connectivity index (χ1n) is 7.18. The van der Waals surface area contributed by atoms with Crippen molar-refractivity contribution < 1.29 is 24.2 Å². The molecule has 0 aliphatic carbocycles. The number of methoxy groups -OCH3 is 1. The number of rotatable bonds is 8. The minimum atomic E-state index is -1.17. The van der Waals surface area contributed by atoms with Gasteiger partial charge in [-0.2, -0.15) is 0 Å². The molecule has 0 heterocycles. The van der Waals surface area contributed by atoms with Crippen LogP contribution in [0.4, 0.5) is 0 Å². The summed E-state index contributed by atoms with van der Waals surface area (Å²) in [6, 6.07) is 5.77. The zero-order valence-corrected chi connectivity index (χ0v) is 13.5. The molecule has 3 N–H and O–H groups in total. The molecule has 0 saturated carbocycles. The van der Waals surface area contributed by atoms with E-state index in [1.807, 2.05) is 31.2 Å². The molecule has 0 aliphatic heterocycles. The summed E-state index contributed by atoms with van der Waals surface area (Å²) in [6.45, 7) is 3.17. The highest BCUT2D eigenvalue weighted by Crippen LogP contribution is 2.17. The van der Waals surface area contributed by atoms with Gasteiger partial charge in [-0.3, -0.25) is 9.59 Å². The van der Waals surface area contributed by atoms with Crippen LogP contribution in [0.2, 0.25) is 0 Å². The predicted octanol–water partition coefficient (Wildman–Crippen LogP) is 0.778. The van der Waals surface area contributed by atoms with Gasteiger partial charge in [-0.05, 0) is 12.5 Å². The summed E-state index contributed by atoms with van der Waals surface area (Å²) < 4.78 is 4.77. The summed E-state index contributed by atoms with van der Waals surface area (Å²) >= 11 is 0. The van der Waals surface area contributed by atoms with Gasteiger partial charge in [-0.25, -0.2) is 4.79 Å². The van der Waals surface area contributed by atoms with Crippen LogP contribution < -0.4 is 10.6 Å². The Hall–Kier alpha value is -2.41. The Morgan fingerprint density at radius 1 is 1.17 bits per heavy atom. The molecule has 2 amide bonds. The molecule has 126 valence electrons. The fourth-order valence-electron chi connectivity index (χ4n) is 2.08. The molecular weight excluding hydrogens is 300 g/mol. The lowest BCUT2D eigenvalue weighted by Crippen LogP contribution is -2.45. The molecule has 0 bridgehead atoms. The number of ether oxygens (including phenoxy) is 1. The number of carboxylic acids is 1. The van der Waals surface area contributed by atoms with Crippen molar-refractivity contribution in [1.82, 2.24) is 10.6 Å². The van der Waals surface area contributed by atoms with Gasteiger partial charge in [0.15, 0.2) is 6.04 Å². The molecule has 7 heteroatoms. The third-order valence-electron chi connectivity index (χ3n) is 3.21. The maximum absolute atomic E-state index is 12.1. The van der Waals surface area contributed by atoms with Crippen molar-refractivity contribution in [2.45, 2.75) is 32.4 Å². The number of carboxylic acid groups (broad SMARTS) is 1. The Labute approximate surface area is 135 Å². The SMILES string of the molecule is COCC(NC(=O)CC(NC(C)=O)c1ccc(C)cc1)C(=O)O. The molecule has 0 spiro atoms. The van der Waals surface area contributed by atoms with Crippen molar-refractivity contribution in [2.24, 2.45) is 0 Å². The summed E-state index contributed by atoms with van der Waals surface area (Å²) in [5.74, 6) is -1.92. The molecule has 0 saturated heterocycles. The number of hydrogen-bond donors (Lipinski definition) is 3. The maximum Gasteiger partial charge on any atom is 0.328 e. The number of amides is 2. The van der Waals surface area contributed by atoms with Crippen LogP contribution in [0.25, 0.3) is 0 Å². The van der Waals surface area contributed by atoms with Crippen molar-refractivity contribution >= 4 is 17.8 Å². The van der Waals surface area contributed by atoms with Crippen LogP contribution in [0.15, 0.2) is 24.3 Å². The number of aliphatic carboxylic acids is 1. The third kappa shape index (κ3) is 6.48. The van der Waals surface area contributed by atoms with E-state index in [-0.39, 0.29) is 18.9 Å². The van der Waals surface area contributed by atoms with Crippen molar-refractivity contribution in [3.63, 3.8) is 0 Å². The van der Waals surface area contributed by atoms with E-state index >= 15 is 0 Å². The highest BCUT2D eigenvalue weighted by atomic mass is 16.5. The minimum absolute atomic E-state index is 0.0594. The van der Waals surface area contributed by atoms with E-state index in [9.17, 15) is 14.4 Å². The normalized spacial score (nSPS) is 13.0. The molecule has 1 aromatic carbocycles. The van der Waals surface area contributed by atoms with Crippen molar-refractivity contribution in [1.29, 1.82) is 0 Å². The van der Waals surface area contributed by atoms with Gasteiger partial charge in [-0.1, -0.05) is 29.8 Å². The van der Waals surface area contributed by atoms with Crippen LogP contribution in [-0.2, 0) is 19.1 Å². The number of hydrogen-bond acceptors (Lipinski definition) is 4. The van der Waals surface area contributed by atoms with E-state index in [0.717, 1.165) is 11.1 Å². The van der Waals surface area contributed by atoms with Gasteiger partial charge in [0, 0.05) is 14.0 Å². The minimum Gasteiger partial charge on any atom is -0.480 e. The summed E-state index contributed by atoms with van der Waals surface area (Å²) in [5.41, 5.74) is 1.84. The van der Waals surface area contributed by atoms with Crippen molar-refractivity contribution in [2.75, 3.05) is 13.7 Å². The molecule has 2 unspecified atom stereocenters. The Morgan fingerprint density at radius 3 is 2.26 bits per heavy atom. The van der Waals surface area contributed by atoms with Crippen LogP contribution >= 0.6 is 0 Å². The van der Waals surface area contributed by atoms with Crippen LogP contribution in [0, 0.1) is 6.92 Å². The van der Waals surface area contributed by atoms with Gasteiger partial charge in [0.1, 0.15) is 0 Å². The number of carbonyl (C=O) groups excluding carboxylic acids is 2. The van der Waals surface area contributed by atoms with Crippen molar-refractivity contribution in [3.05, 3.63) is 35.4 Å². The zero-order chi connectivity index (χ0) is 17.4. The van der Waals surface area contributed by atoms with E-state index in [4.69, 9.17) is 9.84 Å². The molecule has 23 heavy (non-hydrogen) atoms. The number of nitrogens with one attached hydrogen (secondary N) is 2. The lowest BCUT2D eigenvalue weighted by Gasteiger charge is -2.20. The highest BCUT2D eigenvalue weighted by molar-refractivity contribution is 5.84. The quantitative estimate of drug-likeness (QED) is 0.656. The Balaban J connectivity index is 2.80. The van der Waals surface area contributed by atoms with Crippen LogP contribution in [0.1, 0.15) is 30.5 Å². The van der Waals surface area contributed by atoms with Gasteiger partial charge < -0.3 is 20.5 Å². The number of benzene rings is 1. The van der Waals surface area contributed by atoms with E-state index in [0.29, 0.717) is 0 Å². The van der Waals surface area contributed by atoms with Crippen LogP contribution in [0.5, 0.6) is 0 Å². The first kappa shape index (κ1) is 18.6. The molecular formula is C16H22N2O5. The summed E-state index contributed by atoms with van der Waals surface area (Å²) in [6.07, 6.45) is -0.0594. The van der Waals surface area contributed by atoms with Gasteiger partial charge in [0.2, 0.25) is 11.8 Å². The third-order valence-corrected chi connectivity index (χ3v) is 3.21. The van der Waals surface area contributed by atoms with E-state index in [1.54, 1.807) is 0 Å². The second kappa shape index (κ2) is 8.89. The fraction of sp³-hybridized carbons (Fsp3) is 0.438. The van der Waals surface area contributed by atoms with E-state index < -0.39 is 24.0 Å². The lowest BCUT2D eigenvalue weighted by molar-refractivity contribution is -0.143. The standard InChI is InChI=1S/C16H22N2O5/c1-10-4-6-12(7-5-10)13(17-11(2)19)8-15(20)18-14(9-23-3)16(21)22/h4-7,13-14H,8-9H2,1-3H3,(H,17,19)(H,18,20)(H,21,22). The molecule has 7 nitrogen and oxygen atoms in total. The van der Waals surface area contributed by atoms with Crippen molar-refractivity contribution in [3.8, 4) is 0 Å². The lowest BCUT2D eigenvalue weighted by atomic mass is 10.0. The van der Waals surface area contributed by atoms with E-state index in [1.165, 1.54) is 14.0 Å². The Bertz CT molecular complexity index is 556. The van der Waals surface area contributed by atoms with Gasteiger partial charge >= 0.3 is 5.97 Å². The average molecular weight is 322 g/mol. The maximum atomic E-state index is 12.1. The first-order valence-corrected chi connectivity index (χ1v) is 7.18. The van der Waals surface area contributed by atoms with E-state index in [2.05, 4.69) is 10.6 Å². The van der Waals surface area contributed by atoms with Gasteiger partial charge in [0.25, 0.3) is 0 Å². The average Bonchev–Trinajstić information content (AvgIpc) is 2.46. The molecule has 2 atom stereocenters. The first-order chi connectivity index (χ1) is 10.8. The fourth-order valence-corrected chi connectivity index (χ4v) is 2.08. The predicted molar refractivity (Wildman–Crippen MR) is 83.8 cm³/mol. The topological polar surface area (TPSA) is 105 Å². The molecule has 1 aromatic rings. The van der Waals surface area contributed by atoms with Crippen LogP contribution in [-0.4, -0.2) is 42.6 Å². The second-order valence-corrected chi connectivity index (χ2v) is 5.28. The van der Waals surface area contributed by atoms with Gasteiger partial charge in [-0.15, -0.1) is 0 Å². The molecule has 0 fully saturated rings. The smallest absolute Gasteiger partial charge is 0.328 e. The summed E-state index contributed by atoms with van der Waals surface area (Å²) in [7, 11) is 1.36. The number of carbonyl (C=O) groups is 3. The largest absolute Gasteiger partial charge is 0.480 e. The second-order valence-electron chi connectivity index (χ2n) is 5.28. The zero-order valence-electron chi connectivity index (χ0n) is 13.5. The van der Waals surface area contributed by atoms with Crippen LogP contribution in [0.3, 0.4) is 0 Å².